The summed E-state index contributed by atoms with van der Waals surface area (Å²) in [5, 5.41) is 3.81. The molecule has 0 aliphatic heterocycles. The van der Waals surface area contributed by atoms with Crippen molar-refractivity contribution in [1.82, 2.24) is 48.9 Å². The van der Waals surface area contributed by atoms with Gasteiger partial charge in [-0.15, -0.1) is 0 Å². The van der Waals surface area contributed by atoms with E-state index in [9.17, 15) is 33.2 Å². The van der Waals surface area contributed by atoms with Crippen molar-refractivity contribution in [3.63, 3.8) is 0 Å². The zero-order valence-electron chi connectivity index (χ0n) is 67.3. The van der Waals surface area contributed by atoms with E-state index in [0.29, 0.717) is 124 Å². The Morgan fingerprint density at radius 3 is 1.11 bits per heavy atom. The van der Waals surface area contributed by atoms with Gasteiger partial charge in [0.1, 0.15) is 62.6 Å². The van der Waals surface area contributed by atoms with Crippen LogP contribution in [0, 0.1) is 44.3 Å². The van der Waals surface area contributed by atoms with Crippen LogP contribution >= 0.6 is 0 Å². The second kappa shape index (κ2) is 36.8. The standard InChI is InChI=1S/C32H33FN4O3.C31H33N5O3.C31H32N4O3/c1-20(2)28(36(18-8-17-34)31(38)22-15-13-21(3)14-16-22)30-35-27-24-10-5-7-12-26(24)40-29(27)32(39)37(30)19-23-9-4-6-11-25(23)33;1-20(2)27(36(33-18-17-32)30(37)23-15-13-21(3)14-16-23)29-34-26-24-11-7-8-12-25(24)39-28(26)31(38)35(29)19-22-9-5-4-6-10-22;1-20(2)27(34(18-17-32)30(36)23-15-13-21(3)14-16-23)29-33-26-24-11-7-8-12-25(24)38-28(26)31(37)35(29)19-22-9-5-4-6-10-22/h4-7,9-16,20,28H,8,17-19,34H2,1-3H3;4-16,20,27,33H,17-19,32H2,1-3H3;4-16,20,27H,17-19,32H2,1-3H3. The van der Waals surface area contributed by atoms with Gasteiger partial charge in [0, 0.05) is 71.1 Å². The number of aromatic nitrogens is 6. The lowest BCUT2D eigenvalue weighted by atomic mass is 9.98. The molecule has 15 rings (SSSR count). The molecule has 7 N–H and O–H groups in total. The van der Waals surface area contributed by atoms with Crippen LogP contribution in [0.4, 0.5) is 4.39 Å². The molecule has 9 aromatic carbocycles. The number of aryl methyl sites for hydroxylation is 3. The first kappa shape index (κ1) is 82.2. The molecular formula is C94H98FN13O9. The van der Waals surface area contributed by atoms with Gasteiger partial charge in [-0.05, 0) is 141 Å². The third kappa shape index (κ3) is 17.7. The summed E-state index contributed by atoms with van der Waals surface area (Å²) in [6, 6.07) is 68.8. The van der Waals surface area contributed by atoms with Gasteiger partial charge in [-0.3, -0.25) is 47.5 Å². The Morgan fingerprint density at radius 1 is 0.402 bits per heavy atom. The maximum atomic E-state index is 14.8. The number of furan rings is 3. The second-order valence-electron chi connectivity index (χ2n) is 30.4. The van der Waals surface area contributed by atoms with E-state index in [1.165, 1.54) is 10.6 Å². The van der Waals surface area contributed by atoms with Crippen LogP contribution in [-0.4, -0.2) is 100 Å². The number of hydrogen-bond donors (Lipinski definition) is 4. The Morgan fingerprint density at radius 2 is 0.744 bits per heavy atom. The van der Waals surface area contributed by atoms with Crippen LogP contribution < -0.4 is 39.3 Å². The van der Waals surface area contributed by atoms with Crippen LogP contribution in [0.2, 0.25) is 0 Å². The molecule has 0 radical (unpaired) electrons. The second-order valence-corrected chi connectivity index (χ2v) is 30.4. The lowest BCUT2D eigenvalue weighted by molar-refractivity contribution is 0.0442. The van der Waals surface area contributed by atoms with Crippen LogP contribution in [0.3, 0.4) is 0 Å². The first-order valence-corrected chi connectivity index (χ1v) is 39.6. The van der Waals surface area contributed by atoms with Crippen molar-refractivity contribution in [2.75, 3.05) is 39.3 Å². The highest BCUT2D eigenvalue weighted by atomic mass is 19.1. The molecular weight excluding hydrogens is 1470 g/mol. The van der Waals surface area contributed by atoms with Crippen molar-refractivity contribution < 1.29 is 32.0 Å². The minimum Gasteiger partial charge on any atom is -0.448 e. The lowest BCUT2D eigenvalue weighted by Crippen LogP contribution is -2.50. The predicted molar refractivity (Wildman–Crippen MR) is 458 cm³/mol. The molecule has 6 heterocycles. The summed E-state index contributed by atoms with van der Waals surface area (Å²) in [7, 11) is 0. The number of nitrogens with two attached hydrogens (primary N) is 3. The molecule has 0 aliphatic rings. The summed E-state index contributed by atoms with van der Waals surface area (Å²) in [6.07, 6.45) is 0.565. The minimum absolute atomic E-state index is 0.0551. The predicted octanol–water partition coefficient (Wildman–Crippen LogP) is 15.9. The molecule has 0 spiro atoms. The Hall–Kier alpha value is -12.8. The van der Waals surface area contributed by atoms with E-state index >= 15 is 0 Å². The van der Waals surface area contributed by atoms with E-state index in [0.717, 1.165) is 38.6 Å². The number of nitrogens with one attached hydrogen (secondary N) is 1. The molecule has 117 heavy (non-hydrogen) atoms. The smallest absolute Gasteiger partial charge is 0.297 e. The number of benzene rings is 9. The Labute approximate surface area is 676 Å². The number of hydrogen-bond acceptors (Lipinski definition) is 16. The van der Waals surface area contributed by atoms with Crippen molar-refractivity contribution in [3.05, 3.63) is 335 Å². The Kier molecular flexibility index (Phi) is 25.8. The van der Waals surface area contributed by atoms with Crippen molar-refractivity contribution >= 4 is 83.9 Å². The van der Waals surface area contributed by atoms with Crippen LogP contribution in [0.5, 0.6) is 0 Å². The van der Waals surface area contributed by atoms with Gasteiger partial charge in [0.2, 0.25) is 16.7 Å². The number of fused-ring (bicyclic) bond motifs is 9. The summed E-state index contributed by atoms with van der Waals surface area (Å²) < 4.78 is 37.5. The zero-order valence-corrected chi connectivity index (χ0v) is 67.3. The molecule has 15 aromatic rings. The SMILES string of the molecule is Cc1ccc(C(=O)N(CCCN)C(c2nc3c(oc4ccccc43)c(=O)n2Cc2ccccc2F)C(C)C)cc1.Cc1ccc(C(=O)N(CCN)C(c2nc3c(oc4ccccc43)c(=O)n2Cc2ccccc2)C(C)C)cc1.Cc1ccc(C(=O)N(NCCN)C(c2nc3c(oc4ccccc43)c(=O)n2Cc2ccccc2)C(C)C)cc1. The fraction of sp³-hybridized carbons (Fsp3) is 0.266. The molecule has 22 nitrogen and oxygen atoms in total. The molecule has 0 fully saturated rings. The highest BCUT2D eigenvalue weighted by Gasteiger charge is 2.38. The maximum Gasteiger partial charge on any atom is 0.297 e. The number of rotatable bonds is 26. The number of para-hydroxylation sites is 3. The number of hydrazine groups is 1. The van der Waals surface area contributed by atoms with E-state index in [-0.39, 0.29) is 83.0 Å². The maximum absolute atomic E-state index is 14.8. The Bertz CT molecular complexity index is 6210. The highest BCUT2D eigenvalue weighted by molar-refractivity contribution is 6.04. The zero-order chi connectivity index (χ0) is 82.7. The van der Waals surface area contributed by atoms with Gasteiger partial charge in [-0.25, -0.2) is 24.8 Å². The van der Waals surface area contributed by atoms with Crippen molar-refractivity contribution in [2.24, 2.45) is 35.0 Å². The molecule has 0 saturated heterocycles. The lowest BCUT2D eigenvalue weighted by Gasteiger charge is -2.35. The van der Waals surface area contributed by atoms with E-state index in [1.54, 1.807) is 60.3 Å². The normalized spacial score (nSPS) is 12.3. The van der Waals surface area contributed by atoms with Crippen LogP contribution in [0.1, 0.15) is 148 Å². The number of carbonyl (C=O) groups is 3. The summed E-state index contributed by atoms with van der Waals surface area (Å²) >= 11 is 0. The molecule has 3 unspecified atom stereocenters. The van der Waals surface area contributed by atoms with Gasteiger partial charge in [0.15, 0.2) is 0 Å². The quantitative estimate of drug-likeness (QED) is 0.0366. The van der Waals surface area contributed by atoms with Gasteiger partial charge >= 0.3 is 0 Å². The number of carbonyl (C=O) groups excluding carboxylic acids is 3. The van der Waals surface area contributed by atoms with Crippen LogP contribution in [0.25, 0.3) is 66.2 Å². The van der Waals surface area contributed by atoms with Gasteiger partial charge in [-0.2, -0.15) is 0 Å². The van der Waals surface area contributed by atoms with Crippen LogP contribution in [-0.2, 0) is 19.6 Å². The third-order valence-corrected chi connectivity index (χ3v) is 20.9. The molecule has 0 bridgehead atoms. The van der Waals surface area contributed by atoms with Gasteiger partial charge in [0.25, 0.3) is 34.4 Å². The molecule has 6 aromatic heterocycles. The number of amides is 3. The van der Waals surface area contributed by atoms with Gasteiger partial charge in [0.05, 0.1) is 31.7 Å². The summed E-state index contributed by atoms with van der Waals surface area (Å²) in [6.45, 7) is 20.6. The molecule has 23 heteroatoms. The fourth-order valence-electron chi connectivity index (χ4n) is 15.0. The van der Waals surface area contributed by atoms with Gasteiger partial charge in [-0.1, -0.05) is 210 Å². The summed E-state index contributed by atoms with van der Waals surface area (Å²) in [5.74, 6) is 0.0882. The minimum atomic E-state index is -0.599. The van der Waals surface area contributed by atoms with E-state index < -0.39 is 29.5 Å². The van der Waals surface area contributed by atoms with Crippen molar-refractivity contribution in [1.29, 1.82) is 0 Å². The highest BCUT2D eigenvalue weighted by Crippen LogP contribution is 2.37. The van der Waals surface area contributed by atoms with E-state index in [2.05, 4.69) is 5.43 Å². The summed E-state index contributed by atoms with van der Waals surface area (Å²) in [5.41, 5.74) is 30.7. The Balaban J connectivity index is 0.000000152. The molecule has 0 saturated carbocycles. The van der Waals surface area contributed by atoms with Gasteiger partial charge < -0.3 is 40.3 Å². The average Bonchev–Trinajstić information content (AvgIpc) is 1.64. The topological polar surface area (TPSA) is 295 Å². The first-order chi connectivity index (χ1) is 56.6. The molecule has 0 aliphatic carbocycles. The van der Waals surface area contributed by atoms with E-state index in [1.807, 2.05) is 250 Å². The van der Waals surface area contributed by atoms with Crippen molar-refractivity contribution in [3.8, 4) is 0 Å². The average molecular weight is 1570 g/mol. The van der Waals surface area contributed by atoms with E-state index in [4.69, 9.17) is 45.4 Å². The molecule has 3 amide bonds. The van der Waals surface area contributed by atoms with Crippen LogP contribution in [0.15, 0.2) is 258 Å². The fourth-order valence-corrected chi connectivity index (χ4v) is 15.0. The largest absolute Gasteiger partial charge is 0.448 e. The molecule has 3 atom stereocenters. The number of halogens is 1. The van der Waals surface area contributed by atoms with Crippen molar-refractivity contribution in [2.45, 2.75) is 106 Å². The molecule has 600 valence electrons. The first-order valence-electron chi connectivity index (χ1n) is 39.6. The third-order valence-electron chi connectivity index (χ3n) is 20.9. The monoisotopic (exact) mass is 1570 g/mol. The number of nitrogens with zero attached hydrogens (tertiary/aromatic N) is 9. The summed E-state index contributed by atoms with van der Waals surface area (Å²) in [4.78, 5) is 103.